The molecule has 2 aliphatic heterocycles. The quantitative estimate of drug-likeness (QED) is 0.208. The number of carbonyl (C=O) groups excluding carboxylic acids is 6. The maximum atomic E-state index is 15.2. The summed E-state index contributed by atoms with van der Waals surface area (Å²) in [6.45, 7) is 14.2. The Balaban J connectivity index is 1.27. The van der Waals surface area contributed by atoms with E-state index >= 15 is 4.79 Å². The Morgan fingerprint density at radius 1 is 0.815 bits per heavy atom. The average molecular weight is 753 g/mol. The van der Waals surface area contributed by atoms with Crippen molar-refractivity contribution in [3.05, 3.63) is 0 Å². The molecule has 0 aromatic heterocycles. The molecule has 0 radical (unpaired) electrons. The molecule has 302 valence electrons. The normalized spacial score (nSPS) is 29.4. The van der Waals surface area contributed by atoms with Crippen LogP contribution in [-0.4, -0.2) is 102 Å². The smallest absolute Gasteiger partial charge is 0.289 e. The molecule has 2 spiro atoms. The van der Waals surface area contributed by atoms with Gasteiger partial charge in [-0.1, -0.05) is 73.6 Å². The number of carbonyl (C=O) groups is 6. The van der Waals surface area contributed by atoms with Crippen molar-refractivity contribution in [2.24, 2.45) is 33.5 Å². The van der Waals surface area contributed by atoms with E-state index in [1.54, 1.807) is 4.90 Å². The van der Waals surface area contributed by atoms with Crippen molar-refractivity contribution in [1.29, 1.82) is 0 Å². The first-order valence-corrected chi connectivity index (χ1v) is 21.2. The van der Waals surface area contributed by atoms with Crippen LogP contribution in [0.5, 0.6) is 0 Å². The molecule has 4 saturated carbocycles. The van der Waals surface area contributed by atoms with Gasteiger partial charge in [0.05, 0.1) is 12.0 Å². The Morgan fingerprint density at radius 2 is 1.50 bits per heavy atom. The first-order valence-electron chi connectivity index (χ1n) is 21.2. The van der Waals surface area contributed by atoms with Gasteiger partial charge in [0.15, 0.2) is 0 Å². The van der Waals surface area contributed by atoms with Crippen LogP contribution < -0.4 is 21.3 Å². The van der Waals surface area contributed by atoms with Crippen LogP contribution in [0.2, 0.25) is 0 Å². The predicted octanol–water partition coefficient (Wildman–Crippen LogP) is 3.85. The number of likely N-dealkylation sites (tertiary alicyclic amines) is 2. The fourth-order valence-corrected chi connectivity index (χ4v) is 11.1. The highest BCUT2D eigenvalue weighted by molar-refractivity contribution is 6.38. The topological polar surface area (TPSA) is 157 Å². The van der Waals surface area contributed by atoms with Crippen molar-refractivity contribution < 1.29 is 28.8 Å². The highest BCUT2D eigenvalue weighted by Crippen LogP contribution is 2.88. The summed E-state index contributed by atoms with van der Waals surface area (Å²) in [5.41, 5.74) is -0.899. The van der Waals surface area contributed by atoms with Gasteiger partial charge in [0, 0.05) is 24.5 Å². The minimum Gasteiger partial charge on any atom is -0.347 e. The van der Waals surface area contributed by atoms with Gasteiger partial charge in [-0.2, -0.15) is 0 Å². The molecule has 12 heteroatoms. The number of piperidine rings is 1. The number of amides is 5. The van der Waals surface area contributed by atoms with E-state index in [2.05, 4.69) is 40.0 Å². The van der Waals surface area contributed by atoms with Crippen molar-refractivity contribution in [2.75, 3.05) is 26.7 Å². The lowest BCUT2D eigenvalue weighted by molar-refractivity contribution is -0.145. The maximum absolute atomic E-state index is 15.2. The van der Waals surface area contributed by atoms with Gasteiger partial charge in [0.2, 0.25) is 29.4 Å². The largest absolute Gasteiger partial charge is 0.347 e. The van der Waals surface area contributed by atoms with E-state index in [0.29, 0.717) is 32.4 Å². The monoisotopic (exact) mass is 753 g/mol. The van der Waals surface area contributed by atoms with Gasteiger partial charge in [-0.3, -0.25) is 28.8 Å². The molecule has 0 aromatic rings. The van der Waals surface area contributed by atoms with Crippen LogP contribution >= 0.6 is 0 Å². The summed E-state index contributed by atoms with van der Waals surface area (Å²) >= 11 is 0. The van der Waals surface area contributed by atoms with E-state index in [4.69, 9.17) is 0 Å². The lowest BCUT2D eigenvalue weighted by Crippen LogP contribution is -2.62. The van der Waals surface area contributed by atoms with E-state index in [1.165, 1.54) is 0 Å². The van der Waals surface area contributed by atoms with Gasteiger partial charge in [0.1, 0.15) is 18.1 Å². The van der Waals surface area contributed by atoms with Gasteiger partial charge in [-0.25, -0.2) is 0 Å². The fraction of sp³-hybridized carbons (Fsp3) is 0.857. The zero-order chi connectivity index (χ0) is 39.2. The maximum Gasteiger partial charge on any atom is 0.289 e. The molecule has 6 atom stereocenters. The van der Waals surface area contributed by atoms with Crippen molar-refractivity contribution in [3.63, 3.8) is 0 Å². The number of nitrogens with one attached hydrogen (secondary N) is 4. The third-order valence-electron chi connectivity index (χ3n) is 14.8. The van der Waals surface area contributed by atoms with Crippen LogP contribution in [0, 0.1) is 33.5 Å². The van der Waals surface area contributed by atoms with Gasteiger partial charge in [0.25, 0.3) is 5.91 Å². The van der Waals surface area contributed by atoms with E-state index in [1.807, 2.05) is 34.7 Å². The van der Waals surface area contributed by atoms with Gasteiger partial charge < -0.3 is 31.1 Å². The van der Waals surface area contributed by atoms with E-state index in [9.17, 15) is 24.0 Å². The zero-order valence-corrected chi connectivity index (χ0v) is 34.1. The second-order valence-electron chi connectivity index (χ2n) is 19.6. The number of rotatable bonds is 13. The van der Waals surface area contributed by atoms with Gasteiger partial charge in [-0.15, -0.1) is 0 Å². The summed E-state index contributed by atoms with van der Waals surface area (Å²) < 4.78 is 0. The number of hydrogen-bond donors (Lipinski definition) is 4. The van der Waals surface area contributed by atoms with Crippen molar-refractivity contribution in [2.45, 2.75) is 168 Å². The molecule has 0 aromatic carbocycles. The number of Topliss-reactive ketones (excluding diaryl/α,β-unsaturated/α-hetero) is 1. The molecule has 5 amide bonds. The van der Waals surface area contributed by atoms with Crippen LogP contribution in [0.25, 0.3) is 0 Å². The predicted molar refractivity (Wildman–Crippen MR) is 206 cm³/mol. The zero-order valence-electron chi connectivity index (χ0n) is 34.1. The second-order valence-corrected chi connectivity index (χ2v) is 19.6. The Bertz CT molecular complexity index is 1480. The van der Waals surface area contributed by atoms with Crippen molar-refractivity contribution in [1.82, 2.24) is 31.1 Å². The Labute approximate surface area is 322 Å². The minimum atomic E-state index is -0.978. The van der Waals surface area contributed by atoms with E-state index in [-0.39, 0.29) is 51.8 Å². The highest BCUT2D eigenvalue weighted by atomic mass is 16.2. The first-order chi connectivity index (χ1) is 25.5. The number of ketones is 1. The molecule has 4 N–H and O–H groups in total. The lowest BCUT2D eigenvalue weighted by Gasteiger charge is -2.38. The molecule has 12 nitrogen and oxygen atoms in total. The summed E-state index contributed by atoms with van der Waals surface area (Å²) in [6, 6.07) is -3.51. The molecule has 6 fully saturated rings. The van der Waals surface area contributed by atoms with Crippen LogP contribution in [-0.2, 0) is 28.8 Å². The minimum absolute atomic E-state index is 0.0186. The van der Waals surface area contributed by atoms with Gasteiger partial charge in [-0.05, 0) is 100.0 Å². The van der Waals surface area contributed by atoms with Crippen LogP contribution in [0.1, 0.15) is 138 Å². The molecule has 6 aliphatic rings. The van der Waals surface area contributed by atoms with E-state index < -0.39 is 47.2 Å². The molecule has 2 heterocycles. The Hall–Kier alpha value is -3.02. The van der Waals surface area contributed by atoms with Crippen molar-refractivity contribution >= 4 is 35.3 Å². The Morgan fingerprint density at radius 3 is 2.06 bits per heavy atom. The average Bonchev–Trinajstić information content (AvgIpc) is 3.93. The number of hydrogen-bond acceptors (Lipinski definition) is 7. The molecule has 1 unspecified atom stereocenters. The molecular formula is C42H68N6O6. The van der Waals surface area contributed by atoms with Crippen LogP contribution in [0.3, 0.4) is 0 Å². The molecule has 0 bridgehead atoms. The molecule has 6 rings (SSSR count). The van der Waals surface area contributed by atoms with Crippen molar-refractivity contribution in [3.8, 4) is 0 Å². The second kappa shape index (κ2) is 15.5. The van der Waals surface area contributed by atoms with Gasteiger partial charge >= 0.3 is 0 Å². The third-order valence-corrected chi connectivity index (χ3v) is 14.8. The number of fused-ring (bicyclic) bond motifs is 1. The van der Waals surface area contributed by atoms with E-state index in [0.717, 1.165) is 83.6 Å². The van der Waals surface area contributed by atoms with Crippen LogP contribution in [0.4, 0.5) is 0 Å². The van der Waals surface area contributed by atoms with Crippen LogP contribution in [0.15, 0.2) is 0 Å². The fourth-order valence-electron chi connectivity index (χ4n) is 11.1. The summed E-state index contributed by atoms with van der Waals surface area (Å²) in [7, 11) is 2.01. The Kier molecular flexibility index (Phi) is 11.7. The number of nitrogens with zero attached hydrogens (tertiary/aromatic N) is 2. The SMILES string of the molecule is CCC[C@H](NC(=O)[C@@H]1C[C@@]2(CN1C(=O)C(NC(=O)[C@@H](NC(=O)[C@H]1CCCN(C)C1)C(C)(C)C)C1CCCCC1)C(C)(C)C21CCC1)C(=O)C(=O)NC1CC1. The molecular weight excluding hydrogens is 684 g/mol. The summed E-state index contributed by atoms with van der Waals surface area (Å²) in [5.74, 6) is -2.82. The summed E-state index contributed by atoms with van der Waals surface area (Å²) in [4.78, 5) is 87.8. The first kappa shape index (κ1) is 40.6. The summed E-state index contributed by atoms with van der Waals surface area (Å²) in [5, 5.41) is 12.0. The molecule has 54 heavy (non-hydrogen) atoms. The highest BCUT2D eigenvalue weighted by Gasteiger charge is 2.85. The third kappa shape index (κ3) is 7.58. The molecule has 4 aliphatic carbocycles. The summed E-state index contributed by atoms with van der Waals surface area (Å²) in [6.07, 6.45) is 12.6. The molecule has 2 saturated heterocycles. The lowest BCUT2D eigenvalue weighted by atomic mass is 9.73. The standard InChI is InChI=1S/C42H68N6O6/c1-8-14-29(32(49)36(52)43-28-18-19-28)44-35(51)30-23-42(40(5,6)41(42)20-13-21-41)25-48(30)38(54)31(26-15-10-9-11-16-26)45-37(53)33(39(2,3)4)46-34(50)27-17-12-22-47(7)24-27/h26-31,33H,8-25H2,1-7H3,(H,43,52)(H,44,51)(H,45,53)(H,46,50)/t27-,29-,30-,31?,33+,42+/m0/s1.